The molecule has 0 fully saturated rings. The Kier molecular flexibility index (Phi) is 3.34. The molecule has 15 heavy (non-hydrogen) atoms. The topological polar surface area (TPSA) is 60.2 Å². The molecule has 2 rings (SSSR count). The van der Waals surface area contributed by atoms with Gasteiger partial charge in [0.1, 0.15) is 0 Å². The van der Waals surface area contributed by atoms with Crippen LogP contribution in [0.3, 0.4) is 0 Å². The summed E-state index contributed by atoms with van der Waals surface area (Å²) in [4.78, 5) is 0.176. The molecule has 0 aromatic heterocycles. The van der Waals surface area contributed by atoms with Gasteiger partial charge in [-0.3, -0.25) is 0 Å². The molecule has 0 unspecified atom stereocenters. The van der Waals surface area contributed by atoms with Gasteiger partial charge in [0.05, 0.1) is 4.90 Å². The standard InChI is InChI=1S/C10H9NO2S.ClH/c11-14(12,13)10-7-3-5-8-4-1-2-6-9(8)10;/h1-7H,(H2,11,12,13);1H. The summed E-state index contributed by atoms with van der Waals surface area (Å²) >= 11 is 0. The summed E-state index contributed by atoms with van der Waals surface area (Å²) in [6.45, 7) is 0. The maximum atomic E-state index is 11.2. The van der Waals surface area contributed by atoms with Gasteiger partial charge in [0.25, 0.3) is 0 Å². The van der Waals surface area contributed by atoms with E-state index in [4.69, 9.17) is 5.14 Å². The van der Waals surface area contributed by atoms with Crippen molar-refractivity contribution in [2.24, 2.45) is 5.14 Å². The third-order valence-electron chi connectivity index (χ3n) is 2.06. The van der Waals surface area contributed by atoms with Crippen LogP contribution in [0.5, 0.6) is 0 Å². The summed E-state index contributed by atoms with van der Waals surface area (Å²) < 4.78 is 22.4. The molecular weight excluding hydrogens is 234 g/mol. The number of nitrogens with two attached hydrogens (primary N) is 1. The molecule has 0 saturated heterocycles. The van der Waals surface area contributed by atoms with Crippen LogP contribution in [0.1, 0.15) is 0 Å². The van der Waals surface area contributed by atoms with E-state index >= 15 is 0 Å². The molecule has 5 heteroatoms. The molecule has 80 valence electrons. The van der Waals surface area contributed by atoms with Crippen molar-refractivity contribution in [3.8, 4) is 0 Å². The summed E-state index contributed by atoms with van der Waals surface area (Å²) in [6, 6.07) is 12.3. The van der Waals surface area contributed by atoms with Gasteiger partial charge in [0.15, 0.2) is 0 Å². The first-order valence-corrected chi connectivity index (χ1v) is 5.64. The van der Waals surface area contributed by atoms with Crippen molar-refractivity contribution < 1.29 is 8.42 Å². The van der Waals surface area contributed by atoms with Crippen LogP contribution in [0.4, 0.5) is 0 Å². The molecular formula is C10H10ClNO2S. The van der Waals surface area contributed by atoms with Crippen molar-refractivity contribution in [1.29, 1.82) is 0 Å². The highest BCUT2D eigenvalue weighted by atomic mass is 35.5. The molecule has 2 aromatic carbocycles. The van der Waals surface area contributed by atoms with E-state index in [1.807, 2.05) is 18.2 Å². The van der Waals surface area contributed by atoms with E-state index in [1.54, 1.807) is 18.2 Å². The molecule has 0 heterocycles. The third kappa shape index (κ3) is 2.28. The molecule has 0 aliphatic rings. The first-order chi connectivity index (χ1) is 6.59. The first-order valence-electron chi connectivity index (χ1n) is 4.09. The Bertz CT molecular complexity index is 575. The SMILES string of the molecule is Cl.NS(=O)(=O)c1cccc2ccccc12. The Labute approximate surface area is 94.4 Å². The highest BCUT2D eigenvalue weighted by molar-refractivity contribution is 7.89. The van der Waals surface area contributed by atoms with Gasteiger partial charge in [-0.15, -0.1) is 12.4 Å². The van der Waals surface area contributed by atoms with Gasteiger partial charge >= 0.3 is 0 Å². The molecule has 0 amide bonds. The van der Waals surface area contributed by atoms with Gasteiger partial charge in [-0.2, -0.15) is 0 Å². The Morgan fingerprint density at radius 2 is 1.53 bits per heavy atom. The van der Waals surface area contributed by atoms with Crippen molar-refractivity contribution in [3.63, 3.8) is 0 Å². The van der Waals surface area contributed by atoms with Gasteiger partial charge in [0.2, 0.25) is 10.0 Å². The minimum Gasteiger partial charge on any atom is -0.225 e. The Hall–Kier alpha value is -1.10. The van der Waals surface area contributed by atoms with Crippen molar-refractivity contribution >= 4 is 33.2 Å². The van der Waals surface area contributed by atoms with Crippen LogP contribution in [-0.2, 0) is 10.0 Å². The van der Waals surface area contributed by atoms with Crippen LogP contribution in [0.25, 0.3) is 10.8 Å². The number of hydrogen-bond donors (Lipinski definition) is 1. The fourth-order valence-corrected chi connectivity index (χ4v) is 2.20. The van der Waals surface area contributed by atoms with Crippen molar-refractivity contribution in [2.75, 3.05) is 0 Å². The quantitative estimate of drug-likeness (QED) is 0.832. The second-order valence-corrected chi connectivity index (χ2v) is 4.55. The number of primary sulfonamides is 1. The highest BCUT2D eigenvalue weighted by Gasteiger charge is 2.10. The molecule has 0 radical (unpaired) electrons. The summed E-state index contributed by atoms with van der Waals surface area (Å²) in [7, 11) is -3.63. The summed E-state index contributed by atoms with van der Waals surface area (Å²) in [5.41, 5.74) is 0. The Morgan fingerprint density at radius 1 is 0.933 bits per heavy atom. The lowest BCUT2D eigenvalue weighted by atomic mass is 10.1. The van der Waals surface area contributed by atoms with E-state index in [2.05, 4.69) is 0 Å². The zero-order chi connectivity index (χ0) is 10.2. The second kappa shape index (κ2) is 4.18. The molecule has 0 bridgehead atoms. The minimum absolute atomic E-state index is 0. The highest BCUT2D eigenvalue weighted by Crippen LogP contribution is 2.21. The lowest BCUT2D eigenvalue weighted by Gasteiger charge is -2.02. The number of benzene rings is 2. The van der Waals surface area contributed by atoms with Gasteiger partial charge in [-0.1, -0.05) is 36.4 Å². The molecule has 0 spiro atoms. The molecule has 2 aromatic rings. The zero-order valence-corrected chi connectivity index (χ0v) is 9.38. The van der Waals surface area contributed by atoms with Gasteiger partial charge in [-0.25, -0.2) is 13.6 Å². The van der Waals surface area contributed by atoms with E-state index in [1.165, 1.54) is 6.07 Å². The lowest BCUT2D eigenvalue weighted by molar-refractivity contribution is 0.598. The van der Waals surface area contributed by atoms with Crippen molar-refractivity contribution in [1.82, 2.24) is 0 Å². The van der Waals surface area contributed by atoms with Gasteiger partial charge in [0, 0.05) is 5.39 Å². The minimum atomic E-state index is -3.63. The molecule has 3 nitrogen and oxygen atoms in total. The Morgan fingerprint density at radius 3 is 2.20 bits per heavy atom. The van der Waals surface area contributed by atoms with E-state index < -0.39 is 10.0 Å². The lowest BCUT2D eigenvalue weighted by Crippen LogP contribution is -2.12. The maximum Gasteiger partial charge on any atom is 0.238 e. The normalized spacial score (nSPS) is 11.0. The molecule has 0 aliphatic carbocycles. The molecule has 0 aliphatic heterocycles. The van der Waals surface area contributed by atoms with Crippen LogP contribution in [0.2, 0.25) is 0 Å². The van der Waals surface area contributed by atoms with Gasteiger partial charge < -0.3 is 0 Å². The van der Waals surface area contributed by atoms with Crippen LogP contribution >= 0.6 is 12.4 Å². The second-order valence-electron chi connectivity index (χ2n) is 3.02. The number of fused-ring (bicyclic) bond motifs is 1. The first kappa shape index (κ1) is 12.0. The number of sulfonamides is 1. The van der Waals surface area contributed by atoms with Crippen LogP contribution in [0.15, 0.2) is 47.4 Å². The predicted octanol–water partition coefficient (Wildman–Crippen LogP) is 1.91. The summed E-state index contributed by atoms with van der Waals surface area (Å²) in [5.74, 6) is 0. The monoisotopic (exact) mass is 243 g/mol. The van der Waals surface area contributed by atoms with Crippen molar-refractivity contribution in [3.05, 3.63) is 42.5 Å². The van der Waals surface area contributed by atoms with E-state index in [0.29, 0.717) is 5.39 Å². The number of halogens is 1. The van der Waals surface area contributed by atoms with Crippen LogP contribution in [0, 0.1) is 0 Å². The summed E-state index contributed by atoms with van der Waals surface area (Å²) in [6.07, 6.45) is 0. The van der Waals surface area contributed by atoms with E-state index in [9.17, 15) is 8.42 Å². The van der Waals surface area contributed by atoms with Gasteiger partial charge in [-0.05, 0) is 11.5 Å². The average molecular weight is 244 g/mol. The van der Waals surface area contributed by atoms with Crippen molar-refractivity contribution in [2.45, 2.75) is 4.90 Å². The summed E-state index contributed by atoms with van der Waals surface area (Å²) in [5, 5.41) is 6.63. The Balaban J connectivity index is 0.00000112. The average Bonchev–Trinajstić information content (AvgIpc) is 2.15. The van der Waals surface area contributed by atoms with E-state index in [0.717, 1.165) is 5.39 Å². The fraction of sp³-hybridized carbons (Fsp3) is 0. The number of hydrogen-bond acceptors (Lipinski definition) is 2. The molecule has 2 N–H and O–H groups in total. The van der Waals surface area contributed by atoms with Crippen LogP contribution < -0.4 is 5.14 Å². The maximum absolute atomic E-state index is 11.2. The van der Waals surface area contributed by atoms with Crippen LogP contribution in [-0.4, -0.2) is 8.42 Å². The smallest absolute Gasteiger partial charge is 0.225 e. The molecule has 0 atom stereocenters. The predicted molar refractivity (Wildman–Crippen MR) is 62.6 cm³/mol. The fourth-order valence-electron chi connectivity index (χ4n) is 1.44. The zero-order valence-electron chi connectivity index (χ0n) is 7.75. The largest absolute Gasteiger partial charge is 0.238 e. The number of rotatable bonds is 1. The molecule has 0 saturated carbocycles. The third-order valence-corrected chi connectivity index (χ3v) is 3.03. The van der Waals surface area contributed by atoms with E-state index in [-0.39, 0.29) is 17.3 Å².